The van der Waals surface area contributed by atoms with Gasteiger partial charge in [-0.15, -0.1) is 0 Å². The van der Waals surface area contributed by atoms with Gasteiger partial charge >= 0.3 is 0 Å². The van der Waals surface area contributed by atoms with Crippen LogP contribution < -0.4 is 5.32 Å². The van der Waals surface area contributed by atoms with Gasteiger partial charge in [-0.05, 0) is 25.0 Å². The Morgan fingerprint density at radius 2 is 2.08 bits per heavy atom. The number of hydrogen-bond acceptors (Lipinski definition) is 5. The zero-order valence-corrected chi connectivity index (χ0v) is 14.8. The van der Waals surface area contributed by atoms with Crippen molar-refractivity contribution in [3.05, 3.63) is 48.4 Å². The van der Waals surface area contributed by atoms with Gasteiger partial charge in [-0.25, -0.2) is 4.98 Å². The van der Waals surface area contributed by atoms with Crippen LogP contribution in [0.4, 0.5) is 0 Å². The monoisotopic (exact) mass is 356 g/mol. The topological polar surface area (TPSA) is 88.3 Å². The molecule has 1 fully saturated rings. The molecule has 0 atom stereocenters. The maximum atomic E-state index is 12.7. The predicted molar refractivity (Wildman–Crippen MR) is 95.1 cm³/mol. The van der Waals surface area contributed by atoms with E-state index in [0.29, 0.717) is 18.8 Å². The molecule has 0 radical (unpaired) electrons. The number of nitrogens with one attached hydrogen (secondary N) is 1. The van der Waals surface area contributed by atoms with Crippen LogP contribution in [0.5, 0.6) is 0 Å². The minimum atomic E-state index is -0.264. The van der Waals surface area contributed by atoms with Crippen LogP contribution in [-0.2, 0) is 11.3 Å². The van der Waals surface area contributed by atoms with Crippen LogP contribution in [0.3, 0.4) is 0 Å². The van der Waals surface area contributed by atoms with Gasteiger partial charge in [0.05, 0.1) is 19.0 Å². The van der Waals surface area contributed by atoms with Gasteiger partial charge in [0.15, 0.2) is 0 Å². The number of nitrogens with zero attached hydrogens (tertiary/aromatic N) is 3. The number of amides is 2. The van der Waals surface area contributed by atoms with Crippen LogP contribution in [0, 0.1) is 0 Å². The Morgan fingerprint density at radius 1 is 1.23 bits per heavy atom. The fraction of sp³-hybridized carbons (Fsp3) is 0.474. The highest BCUT2D eigenvalue weighted by atomic mass is 16.3. The first kappa shape index (κ1) is 18.1. The molecule has 138 valence electrons. The number of furan rings is 1. The Kier molecular flexibility index (Phi) is 6.35. The second-order valence-corrected chi connectivity index (χ2v) is 6.55. The Bertz CT molecular complexity index is 697. The van der Waals surface area contributed by atoms with Crippen molar-refractivity contribution in [3.63, 3.8) is 0 Å². The lowest BCUT2D eigenvalue weighted by molar-refractivity contribution is -0.122. The first-order valence-corrected chi connectivity index (χ1v) is 9.09. The summed E-state index contributed by atoms with van der Waals surface area (Å²) in [7, 11) is 0. The summed E-state index contributed by atoms with van der Waals surface area (Å²) in [5, 5.41) is 3.08. The Hall–Kier alpha value is -2.70. The second kappa shape index (κ2) is 9.12. The minimum absolute atomic E-state index is 0.0201. The molecule has 2 aromatic rings. The maximum absolute atomic E-state index is 12.7. The summed E-state index contributed by atoms with van der Waals surface area (Å²) in [6, 6.07) is 3.85. The van der Waals surface area contributed by atoms with Crippen molar-refractivity contribution in [1.29, 1.82) is 0 Å². The maximum Gasteiger partial charge on any atom is 0.274 e. The summed E-state index contributed by atoms with van der Waals surface area (Å²) in [6.45, 7) is 0.591. The molecule has 0 aromatic carbocycles. The predicted octanol–water partition coefficient (Wildman–Crippen LogP) is 2.55. The lowest BCUT2D eigenvalue weighted by Crippen LogP contribution is -2.39. The summed E-state index contributed by atoms with van der Waals surface area (Å²) < 4.78 is 5.35. The SMILES string of the molecule is O=C(CCN(Cc1ccco1)C(=O)c1cnccn1)NC1CCCCC1. The summed E-state index contributed by atoms with van der Waals surface area (Å²) in [4.78, 5) is 34.6. The first-order chi connectivity index (χ1) is 12.7. The van der Waals surface area contributed by atoms with Gasteiger partial charge < -0.3 is 14.6 Å². The molecule has 0 aliphatic heterocycles. The van der Waals surface area contributed by atoms with E-state index in [1.165, 1.54) is 37.9 Å². The quantitative estimate of drug-likeness (QED) is 0.824. The van der Waals surface area contributed by atoms with Gasteiger partial charge in [-0.3, -0.25) is 14.6 Å². The van der Waals surface area contributed by atoms with Crippen LogP contribution in [0.1, 0.15) is 54.8 Å². The fourth-order valence-electron chi connectivity index (χ4n) is 3.20. The third kappa shape index (κ3) is 5.15. The van der Waals surface area contributed by atoms with Crippen molar-refractivity contribution in [2.45, 2.75) is 51.1 Å². The van der Waals surface area contributed by atoms with Crippen molar-refractivity contribution < 1.29 is 14.0 Å². The normalized spacial score (nSPS) is 14.8. The van der Waals surface area contributed by atoms with E-state index >= 15 is 0 Å². The van der Waals surface area contributed by atoms with Gasteiger partial charge in [0.2, 0.25) is 5.91 Å². The average Bonchev–Trinajstić information content (AvgIpc) is 3.19. The lowest BCUT2D eigenvalue weighted by atomic mass is 9.95. The van der Waals surface area contributed by atoms with E-state index in [-0.39, 0.29) is 30.0 Å². The summed E-state index contributed by atoms with van der Waals surface area (Å²) in [5.41, 5.74) is 0.256. The lowest BCUT2D eigenvalue weighted by Gasteiger charge is -2.24. The van der Waals surface area contributed by atoms with E-state index in [4.69, 9.17) is 4.42 Å². The van der Waals surface area contributed by atoms with E-state index < -0.39 is 0 Å². The van der Waals surface area contributed by atoms with E-state index in [2.05, 4.69) is 15.3 Å². The van der Waals surface area contributed by atoms with Crippen molar-refractivity contribution in [2.24, 2.45) is 0 Å². The van der Waals surface area contributed by atoms with E-state index in [1.807, 2.05) is 0 Å². The Labute approximate surface area is 152 Å². The third-order valence-electron chi connectivity index (χ3n) is 4.58. The van der Waals surface area contributed by atoms with Gasteiger partial charge in [0.1, 0.15) is 11.5 Å². The molecule has 0 spiro atoms. The van der Waals surface area contributed by atoms with E-state index in [1.54, 1.807) is 23.3 Å². The molecule has 0 unspecified atom stereocenters. The zero-order valence-electron chi connectivity index (χ0n) is 14.8. The summed E-state index contributed by atoms with van der Waals surface area (Å²) >= 11 is 0. The molecule has 2 aromatic heterocycles. The molecule has 7 nitrogen and oxygen atoms in total. The largest absolute Gasteiger partial charge is 0.467 e. The standard InChI is InChI=1S/C19H24N4O3/c24-18(22-15-5-2-1-3-6-15)8-11-23(14-16-7-4-12-26-16)19(25)17-13-20-9-10-21-17/h4,7,9-10,12-13,15H,1-3,5-6,8,11,14H2,(H,22,24). The Balaban J connectivity index is 1.59. The minimum Gasteiger partial charge on any atom is -0.467 e. The van der Waals surface area contributed by atoms with Crippen LogP contribution in [0.2, 0.25) is 0 Å². The van der Waals surface area contributed by atoms with Crippen LogP contribution in [0.25, 0.3) is 0 Å². The van der Waals surface area contributed by atoms with E-state index in [9.17, 15) is 9.59 Å². The molecular weight excluding hydrogens is 332 g/mol. The van der Waals surface area contributed by atoms with Gasteiger partial charge in [0, 0.05) is 31.4 Å². The number of aromatic nitrogens is 2. The number of carbonyl (C=O) groups is 2. The van der Waals surface area contributed by atoms with Crippen LogP contribution in [-0.4, -0.2) is 39.3 Å². The third-order valence-corrected chi connectivity index (χ3v) is 4.58. The smallest absolute Gasteiger partial charge is 0.274 e. The van der Waals surface area contributed by atoms with Crippen LogP contribution >= 0.6 is 0 Å². The van der Waals surface area contributed by atoms with Crippen molar-refractivity contribution in [1.82, 2.24) is 20.2 Å². The molecule has 7 heteroatoms. The highest BCUT2D eigenvalue weighted by molar-refractivity contribution is 5.92. The highest BCUT2D eigenvalue weighted by Gasteiger charge is 2.21. The first-order valence-electron chi connectivity index (χ1n) is 9.09. The molecule has 0 bridgehead atoms. The zero-order chi connectivity index (χ0) is 18.2. The molecule has 1 aliphatic rings. The van der Waals surface area contributed by atoms with Crippen LogP contribution in [0.15, 0.2) is 41.4 Å². The van der Waals surface area contributed by atoms with Crippen molar-refractivity contribution >= 4 is 11.8 Å². The summed E-state index contributed by atoms with van der Waals surface area (Å²) in [5.74, 6) is 0.378. The number of carbonyl (C=O) groups excluding carboxylic acids is 2. The highest BCUT2D eigenvalue weighted by Crippen LogP contribution is 2.17. The number of rotatable bonds is 7. The van der Waals surface area contributed by atoms with Crippen molar-refractivity contribution in [3.8, 4) is 0 Å². The molecule has 1 saturated carbocycles. The molecule has 2 heterocycles. The second-order valence-electron chi connectivity index (χ2n) is 6.55. The Morgan fingerprint density at radius 3 is 2.77 bits per heavy atom. The molecule has 3 rings (SSSR count). The molecule has 1 aliphatic carbocycles. The molecule has 2 amide bonds. The molecule has 0 saturated heterocycles. The molecule has 26 heavy (non-hydrogen) atoms. The molecule has 1 N–H and O–H groups in total. The van der Waals surface area contributed by atoms with Gasteiger partial charge in [-0.2, -0.15) is 0 Å². The van der Waals surface area contributed by atoms with Gasteiger partial charge in [0.25, 0.3) is 5.91 Å². The van der Waals surface area contributed by atoms with Gasteiger partial charge in [-0.1, -0.05) is 19.3 Å². The van der Waals surface area contributed by atoms with Crippen molar-refractivity contribution in [2.75, 3.05) is 6.54 Å². The molecular formula is C19H24N4O3. The fourth-order valence-corrected chi connectivity index (χ4v) is 3.20. The number of hydrogen-bond donors (Lipinski definition) is 1. The summed E-state index contributed by atoms with van der Waals surface area (Å²) in [6.07, 6.45) is 11.9. The average molecular weight is 356 g/mol. The van der Waals surface area contributed by atoms with E-state index in [0.717, 1.165) is 12.8 Å².